The highest BCUT2D eigenvalue weighted by atomic mass is 35.5. The molecule has 0 aliphatic heterocycles. The first-order valence-corrected chi connectivity index (χ1v) is 10.6. The molecule has 3 aromatic rings. The average molecular weight is 421 g/mol. The predicted octanol–water partition coefficient (Wildman–Crippen LogP) is 5.70. The van der Waals surface area contributed by atoms with Crippen LogP contribution in [-0.2, 0) is 11.2 Å². The fraction of sp³-hybridized carbons (Fsp3) is 0.240. The lowest BCUT2D eigenvalue weighted by Gasteiger charge is -2.30. The van der Waals surface area contributed by atoms with Gasteiger partial charge in [-0.25, -0.2) is 0 Å². The van der Waals surface area contributed by atoms with Crippen molar-refractivity contribution in [3.8, 4) is 5.75 Å². The summed E-state index contributed by atoms with van der Waals surface area (Å²) in [6, 6.07) is 23.2. The maximum Gasteiger partial charge on any atom is 0.246 e. The molecule has 3 aromatic carbocycles. The lowest BCUT2D eigenvalue weighted by molar-refractivity contribution is -0.118. The minimum absolute atomic E-state index is 0.120. The van der Waals surface area contributed by atoms with Crippen LogP contribution in [0.3, 0.4) is 0 Å². The number of carbonyl (C=O) groups is 1. The number of benzene rings is 3. The number of hydrogen-bond acceptors (Lipinski definition) is 3. The molecule has 4 rings (SSSR count). The molecule has 0 saturated carbocycles. The Morgan fingerprint density at radius 1 is 1.07 bits per heavy atom. The standard InChI is InChI=1S/C25H25ClN2O2/c1-30-23-15-14-19(16-21(23)26)27-25(29)24(18-9-3-2-4-10-18)28-22-13-7-11-17-8-5-6-12-20(17)22/h2-6,8-10,12,14-16,22,24,28H,7,11,13H2,1H3,(H,27,29). The summed E-state index contributed by atoms with van der Waals surface area (Å²) in [5, 5.41) is 7.08. The lowest BCUT2D eigenvalue weighted by atomic mass is 9.87. The predicted molar refractivity (Wildman–Crippen MR) is 121 cm³/mol. The molecular weight excluding hydrogens is 396 g/mol. The van der Waals surface area contributed by atoms with Crippen LogP contribution >= 0.6 is 11.6 Å². The molecule has 1 amide bonds. The summed E-state index contributed by atoms with van der Waals surface area (Å²) < 4.78 is 5.20. The summed E-state index contributed by atoms with van der Waals surface area (Å²) in [5.41, 5.74) is 4.20. The van der Waals surface area contributed by atoms with E-state index in [2.05, 4.69) is 34.9 Å². The van der Waals surface area contributed by atoms with Gasteiger partial charge in [-0.3, -0.25) is 10.1 Å². The Labute approximate surface area is 182 Å². The molecule has 154 valence electrons. The third-order valence-electron chi connectivity index (χ3n) is 5.55. The topological polar surface area (TPSA) is 50.4 Å². The molecule has 2 N–H and O–H groups in total. The zero-order valence-corrected chi connectivity index (χ0v) is 17.7. The summed E-state index contributed by atoms with van der Waals surface area (Å²) in [4.78, 5) is 13.3. The number of hydrogen-bond donors (Lipinski definition) is 2. The van der Waals surface area contributed by atoms with Gasteiger partial charge in [0.05, 0.1) is 12.1 Å². The largest absolute Gasteiger partial charge is 0.495 e. The second kappa shape index (κ2) is 9.33. The molecule has 2 atom stereocenters. The van der Waals surface area contributed by atoms with Crippen molar-refractivity contribution in [2.45, 2.75) is 31.3 Å². The Balaban J connectivity index is 1.59. The van der Waals surface area contributed by atoms with Gasteiger partial charge < -0.3 is 10.1 Å². The van der Waals surface area contributed by atoms with E-state index in [0.717, 1.165) is 24.8 Å². The van der Waals surface area contributed by atoms with Crippen LogP contribution in [0.4, 0.5) is 5.69 Å². The molecular formula is C25H25ClN2O2. The zero-order valence-electron chi connectivity index (χ0n) is 16.9. The zero-order chi connectivity index (χ0) is 20.9. The number of amides is 1. The maximum absolute atomic E-state index is 13.3. The number of fused-ring (bicyclic) bond motifs is 1. The number of nitrogens with one attached hydrogen (secondary N) is 2. The molecule has 0 spiro atoms. The molecule has 1 aliphatic carbocycles. The van der Waals surface area contributed by atoms with Crippen molar-refractivity contribution < 1.29 is 9.53 Å². The number of ether oxygens (including phenoxy) is 1. The summed E-state index contributed by atoms with van der Waals surface area (Å²) in [6.07, 6.45) is 3.19. The lowest BCUT2D eigenvalue weighted by Crippen LogP contribution is -2.36. The van der Waals surface area contributed by atoms with Crippen LogP contribution in [0, 0.1) is 0 Å². The van der Waals surface area contributed by atoms with Crippen LogP contribution in [0.25, 0.3) is 0 Å². The van der Waals surface area contributed by atoms with E-state index in [9.17, 15) is 4.79 Å². The third-order valence-corrected chi connectivity index (χ3v) is 5.85. The van der Waals surface area contributed by atoms with Gasteiger partial charge in [0, 0.05) is 11.7 Å². The fourth-order valence-electron chi connectivity index (χ4n) is 4.06. The van der Waals surface area contributed by atoms with E-state index in [0.29, 0.717) is 16.5 Å². The van der Waals surface area contributed by atoms with Crippen LogP contribution in [0.5, 0.6) is 5.75 Å². The summed E-state index contributed by atoms with van der Waals surface area (Å²) >= 11 is 6.23. The highest BCUT2D eigenvalue weighted by Crippen LogP contribution is 2.32. The van der Waals surface area contributed by atoms with Crippen LogP contribution in [0.1, 0.15) is 41.6 Å². The highest BCUT2D eigenvalue weighted by molar-refractivity contribution is 6.32. The summed E-state index contributed by atoms with van der Waals surface area (Å²) in [5.74, 6) is 0.455. The normalized spacial score (nSPS) is 16.4. The second-order valence-electron chi connectivity index (χ2n) is 7.49. The number of carbonyl (C=O) groups excluding carboxylic acids is 1. The molecule has 1 aliphatic rings. The Kier molecular flexibility index (Phi) is 6.36. The Hall–Kier alpha value is -2.82. The molecule has 5 heteroatoms. The van der Waals surface area contributed by atoms with Gasteiger partial charge in [-0.15, -0.1) is 0 Å². The molecule has 2 unspecified atom stereocenters. The quantitative estimate of drug-likeness (QED) is 0.538. The van der Waals surface area contributed by atoms with Gasteiger partial charge in [0.1, 0.15) is 11.8 Å². The van der Waals surface area contributed by atoms with Crippen molar-refractivity contribution in [2.24, 2.45) is 0 Å². The number of methoxy groups -OCH3 is 1. The minimum Gasteiger partial charge on any atom is -0.495 e. The molecule has 0 saturated heterocycles. The molecule has 30 heavy (non-hydrogen) atoms. The smallest absolute Gasteiger partial charge is 0.246 e. The molecule has 0 aromatic heterocycles. The average Bonchev–Trinajstić information content (AvgIpc) is 2.78. The fourth-order valence-corrected chi connectivity index (χ4v) is 4.31. The van der Waals surface area contributed by atoms with Gasteiger partial charge in [-0.1, -0.05) is 66.2 Å². The summed E-state index contributed by atoms with van der Waals surface area (Å²) in [6.45, 7) is 0. The van der Waals surface area contributed by atoms with Crippen molar-refractivity contribution in [1.82, 2.24) is 5.32 Å². The van der Waals surface area contributed by atoms with Gasteiger partial charge in [-0.05, 0) is 54.2 Å². The monoisotopic (exact) mass is 420 g/mol. The number of halogens is 1. The molecule has 0 radical (unpaired) electrons. The van der Waals surface area contributed by atoms with Crippen molar-refractivity contribution >= 4 is 23.2 Å². The van der Waals surface area contributed by atoms with Crippen LogP contribution in [0.2, 0.25) is 5.02 Å². The van der Waals surface area contributed by atoms with Crippen molar-refractivity contribution in [1.29, 1.82) is 0 Å². The second-order valence-corrected chi connectivity index (χ2v) is 7.90. The molecule has 4 nitrogen and oxygen atoms in total. The minimum atomic E-state index is -0.483. The first-order valence-electron chi connectivity index (χ1n) is 10.2. The van der Waals surface area contributed by atoms with Crippen LogP contribution in [-0.4, -0.2) is 13.0 Å². The van der Waals surface area contributed by atoms with Crippen LogP contribution in [0.15, 0.2) is 72.8 Å². The van der Waals surface area contributed by atoms with E-state index in [1.807, 2.05) is 30.3 Å². The van der Waals surface area contributed by atoms with Crippen molar-refractivity contribution in [3.05, 3.63) is 94.5 Å². The SMILES string of the molecule is COc1ccc(NC(=O)C(NC2CCCc3ccccc32)c2ccccc2)cc1Cl. The first kappa shape index (κ1) is 20.5. The van der Waals surface area contributed by atoms with Gasteiger partial charge in [0.15, 0.2) is 0 Å². The van der Waals surface area contributed by atoms with E-state index in [-0.39, 0.29) is 11.9 Å². The molecule has 0 fully saturated rings. The third kappa shape index (κ3) is 4.50. The number of aryl methyl sites for hydroxylation is 1. The van der Waals surface area contributed by atoms with Gasteiger partial charge in [-0.2, -0.15) is 0 Å². The Bertz CT molecular complexity index is 1020. The summed E-state index contributed by atoms with van der Waals surface area (Å²) in [7, 11) is 1.57. The van der Waals surface area contributed by atoms with E-state index in [4.69, 9.17) is 16.3 Å². The van der Waals surface area contributed by atoms with Crippen LogP contribution < -0.4 is 15.4 Å². The van der Waals surface area contributed by atoms with Gasteiger partial charge in [0.2, 0.25) is 5.91 Å². The van der Waals surface area contributed by atoms with Gasteiger partial charge in [0.25, 0.3) is 0 Å². The van der Waals surface area contributed by atoms with Gasteiger partial charge >= 0.3 is 0 Å². The van der Waals surface area contributed by atoms with E-state index >= 15 is 0 Å². The molecule has 0 heterocycles. The molecule has 0 bridgehead atoms. The van der Waals surface area contributed by atoms with Crippen molar-refractivity contribution in [3.63, 3.8) is 0 Å². The van der Waals surface area contributed by atoms with E-state index < -0.39 is 6.04 Å². The first-order chi connectivity index (χ1) is 14.7. The van der Waals surface area contributed by atoms with E-state index in [1.165, 1.54) is 11.1 Å². The number of anilines is 1. The van der Waals surface area contributed by atoms with Crippen molar-refractivity contribution in [2.75, 3.05) is 12.4 Å². The Morgan fingerprint density at radius 2 is 1.83 bits per heavy atom. The Morgan fingerprint density at radius 3 is 2.60 bits per heavy atom. The number of rotatable bonds is 6. The maximum atomic E-state index is 13.3. The van der Waals surface area contributed by atoms with E-state index in [1.54, 1.807) is 25.3 Å². The highest BCUT2D eigenvalue weighted by Gasteiger charge is 2.27.